The Balaban J connectivity index is 2.09. The van der Waals surface area contributed by atoms with E-state index < -0.39 is 11.2 Å². The van der Waals surface area contributed by atoms with Gasteiger partial charge in [0.15, 0.2) is 0 Å². The van der Waals surface area contributed by atoms with E-state index in [-0.39, 0.29) is 11.8 Å². The van der Waals surface area contributed by atoms with Crippen molar-refractivity contribution in [3.05, 3.63) is 35.4 Å². The summed E-state index contributed by atoms with van der Waals surface area (Å²) in [4.78, 5) is 30.9. The summed E-state index contributed by atoms with van der Waals surface area (Å²) in [5.74, 6) is 0.0849. The summed E-state index contributed by atoms with van der Waals surface area (Å²) >= 11 is 0. The van der Waals surface area contributed by atoms with Crippen LogP contribution >= 0.6 is 0 Å². The molecule has 1 aromatic rings. The Morgan fingerprint density at radius 1 is 1.50 bits per heavy atom. The molecule has 1 aliphatic carbocycles. The molecule has 0 radical (unpaired) electrons. The molecule has 0 spiro atoms. The van der Waals surface area contributed by atoms with Crippen LogP contribution in [0.2, 0.25) is 0 Å². The van der Waals surface area contributed by atoms with E-state index in [0.29, 0.717) is 12.8 Å². The highest BCUT2D eigenvalue weighted by Gasteiger charge is 2.57. The molecule has 3 aliphatic rings. The smallest absolute Gasteiger partial charge is 0.328 e. The highest BCUT2D eigenvalue weighted by Crippen LogP contribution is 2.49. The Hall–Kier alpha value is -1.98. The lowest BCUT2D eigenvalue weighted by Gasteiger charge is -2.51. The van der Waals surface area contributed by atoms with Crippen molar-refractivity contribution < 1.29 is 4.79 Å². The quantitative estimate of drug-likeness (QED) is 0.682. The number of amides is 1. The third-order valence-corrected chi connectivity index (χ3v) is 3.44. The number of hydrogen-bond donors (Lipinski definition) is 1. The van der Waals surface area contributed by atoms with Crippen molar-refractivity contribution in [3.63, 3.8) is 0 Å². The molecular formula is C10H10N4O2. The first-order valence-corrected chi connectivity index (χ1v) is 5.03. The number of nitrogens with one attached hydrogen (secondary N) is 1. The lowest BCUT2D eigenvalue weighted by Crippen LogP contribution is -2.65. The van der Waals surface area contributed by atoms with Crippen LogP contribution in [-0.2, 0) is 10.3 Å². The van der Waals surface area contributed by atoms with E-state index in [1.54, 1.807) is 0 Å². The monoisotopic (exact) mass is 218 g/mol. The molecule has 6 heteroatoms. The summed E-state index contributed by atoms with van der Waals surface area (Å²) in [6, 6.07) is 0. The van der Waals surface area contributed by atoms with Crippen LogP contribution in [0.15, 0.2) is 29.7 Å². The fourth-order valence-electron chi connectivity index (χ4n) is 2.44. The van der Waals surface area contributed by atoms with Crippen molar-refractivity contribution in [1.82, 2.24) is 19.9 Å². The molecule has 2 aliphatic heterocycles. The zero-order valence-corrected chi connectivity index (χ0v) is 8.51. The van der Waals surface area contributed by atoms with Gasteiger partial charge in [0.1, 0.15) is 18.2 Å². The van der Waals surface area contributed by atoms with Gasteiger partial charge >= 0.3 is 5.69 Å². The average molecular weight is 218 g/mol. The Morgan fingerprint density at radius 3 is 2.88 bits per heavy atom. The first kappa shape index (κ1) is 9.26. The molecule has 2 bridgehead atoms. The molecule has 1 saturated carbocycles. The summed E-state index contributed by atoms with van der Waals surface area (Å²) in [5.41, 5.74) is -0.475. The Morgan fingerprint density at radius 2 is 2.25 bits per heavy atom. The second-order valence-corrected chi connectivity index (χ2v) is 4.28. The predicted molar refractivity (Wildman–Crippen MR) is 54.3 cm³/mol. The summed E-state index contributed by atoms with van der Waals surface area (Å²) in [5, 5.41) is 2.70. The minimum absolute atomic E-state index is 0.183. The van der Waals surface area contributed by atoms with Gasteiger partial charge in [-0.2, -0.15) is 4.98 Å². The molecule has 82 valence electrons. The summed E-state index contributed by atoms with van der Waals surface area (Å²) in [6.45, 7) is 3.78. The van der Waals surface area contributed by atoms with Gasteiger partial charge in [-0.15, -0.1) is 0 Å². The normalized spacial score (nSPS) is 31.9. The number of carbonyl (C=O) groups is 1. The van der Waals surface area contributed by atoms with Crippen LogP contribution in [0.5, 0.6) is 0 Å². The van der Waals surface area contributed by atoms with E-state index in [1.165, 1.54) is 17.2 Å². The van der Waals surface area contributed by atoms with Crippen LogP contribution < -0.4 is 11.0 Å². The third-order valence-electron chi connectivity index (χ3n) is 3.44. The van der Waals surface area contributed by atoms with Gasteiger partial charge in [0.05, 0.1) is 0 Å². The first-order chi connectivity index (χ1) is 7.63. The van der Waals surface area contributed by atoms with Gasteiger partial charge in [-0.1, -0.05) is 6.58 Å². The van der Waals surface area contributed by atoms with Crippen molar-refractivity contribution >= 4 is 5.91 Å². The minimum atomic E-state index is -0.787. The van der Waals surface area contributed by atoms with Gasteiger partial charge in [0, 0.05) is 11.6 Å². The molecule has 3 fully saturated rings. The van der Waals surface area contributed by atoms with Crippen molar-refractivity contribution in [2.75, 3.05) is 0 Å². The molecule has 0 unspecified atom stereocenters. The molecule has 0 aromatic carbocycles. The van der Waals surface area contributed by atoms with Crippen LogP contribution in [-0.4, -0.2) is 20.4 Å². The fourth-order valence-corrected chi connectivity index (χ4v) is 2.44. The maximum absolute atomic E-state index is 11.9. The van der Waals surface area contributed by atoms with Crippen LogP contribution in [0.1, 0.15) is 12.8 Å². The summed E-state index contributed by atoms with van der Waals surface area (Å²) < 4.78 is 1.32. The lowest BCUT2D eigenvalue weighted by atomic mass is 9.63. The molecule has 6 nitrogen and oxygen atoms in total. The maximum Gasteiger partial charge on any atom is 0.351 e. The maximum atomic E-state index is 11.9. The number of rotatable bonds is 1. The van der Waals surface area contributed by atoms with Gasteiger partial charge < -0.3 is 5.32 Å². The Labute approximate surface area is 91.0 Å². The van der Waals surface area contributed by atoms with Crippen LogP contribution in [0.3, 0.4) is 0 Å². The van der Waals surface area contributed by atoms with Crippen molar-refractivity contribution in [2.45, 2.75) is 18.4 Å². The van der Waals surface area contributed by atoms with E-state index in [9.17, 15) is 9.59 Å². The van der Waals surface area contributed by atoms with E-state index >= 15 is 0 Å². The van der Waals surface area contributed by atoms with Gasteiger partial charge in [-0.25, -0.2) is 9.78 Å². The number of aromatic nitrogens is 3. The molecule has 0 atom stereocenters. The first-order valence-electron chi connectivity index (χ1n) is 5.03. The number of fused-ring (bicyclic) bond motifs is 2. The number of piperidine rings is 2. The largest absolute Gasteiger partial charge is 0.351 e. The summed E-state index contributed by atoms with van der Waals surface area (Å²) in [6.07, 6.45) is 3.79. The van der Waals surface area contributed by atoms with Crippen molar-refractivity contribution in [1.29, 1.82) is 0 Å². The molecule has 4 rings (SSSR count). The van der Waals surface area contributed by atoms with Crippen molar-refractivity contribution in [3.8, 4) is 0 Å². The summed E-state index contributed by atoms with van der Waals surface area (Å²) in [7, 11) is 0. The van der Waals surface area contributed by atoms with Gasteiger partial charge in [-0.05, 0) is 12.8 Å². The van der Waals surface area contributed by atoms with E-state index in [0.717, 1.165) is 5.70 Å². The number of allylic oxidation sites excluding steroid dienone is 1. The molecule has 1 amide bonds. The number of nitrogens with zero attached hydrogens (tertiary/aromatic N) is 3. The van der Waals surface area contributed by atoms with E-state index in [2.05, 4.69) is 21.9 Å². The molecule has 1 N–H and O–H groups in total. The number of carbonyl (C=O) groups excluding carboxylic acids is 1. The minimum Gasteiger partial charge on any atom is -0.328 e. The molecule has 16 heavy (non-hydrogen) atoms. The second kappa shape index (κ2) is 2.78. The topological polar surface area (TPSA) is 76.9 Å². The molecule has 2 saturated heterocycles. The molecule has 3 heterocycles. The van der Waals surface area contributed by atoms with Gasteiger partial charge in [0.25, 0.3) is 5.91 Å². The third kappa shape index (κ3) is 0.959. The van der Waals surface area contributed by atoms with Crippen molar-refractivity contribution in [2.24, 2.45) is 5.92 Å². The van der Waals surface area contributed by atoms with Crippen LogP contribution in [0.4, 0.5) is 0 Å². The highest BCUT2D eigenvalue weighted by molar-refractivity contribution is 5.89. The molecular weight excluding hydrogens is 208 g/mol. The zero-order chi connectivity index (χ0) is 11.3. The number of hydrogen-bond acceptors (Lipinski definition) is 4. The Bertz CT molecular complexity index is 542. The van der Waals surface area contributed by atoms with Crippen LogP contribution in [0, 0.1) is 5.92 Å². The second-order valence-electron chi connectivity index (χ2n) is 4.28. The molecule has 1 aromatic heterocycles. The standard InChI is InChI=1S/C10H10N4O2/c1-6-7-2-10(3-7,8(15)13-6)14-5-11-4-12-9(14)16/h4-5,7H,1-3H2,(H,13,15). The average Bonchev–Trinajstić information content (AvgIpc) is 2.17. The highest BCUT2D eigenvalue weighted by atomic mass is 16.2. The van der Waals surface area contributed by atoms with E-state index in [4.69, 9.17) is 0 Å². The Kier molecular flexibility index (Phi) is 1.61. The van der Waals surface area contributed by atoms with Gasteiger partial charge in [0.2, 0.25) is 0 Å². The van der Waals surface area contributed by atoms with E-state index in [1.807, 2.05) is 0 Å². The lowest BCUT2D eigenvalue weighted by molar-refractivity contribution is -0.141. The van der Waals surface area contributed by atoms with Gasteiger partial charge in [-0.3, -0.25) is 9.36 Å². The zero-order valence-electron chi connectivity index (χ0n) is 8.51. The van der Waals surface area contributed by atoms with Crippen LogP contribution in [0.25, 0.3) is 0 Å². The fraction of sp³-hybridized carbons (Fsp3) is 0.400. The predicted octanol–water partition coefficient (Wildman–Crippen LogP) is -0.613. The SMILES string of the molecule is C=C1NC(=O)C2(n3cncnc3=O)CC1C2.